The van der Waals surface area contributed by atoms with Gasteiger partial charge in [-0.15, -0.1) is 0 Å². The molecule has 0 radical (unpaired) electrons. The lowest BCUT2D eigenvalue weighted by molar-refractivity contribution is -0.154. The first kappa shape index (κ1) is 20.7. The van der Waals surface area contributed by atoms with Crippen LogP contribution in [0, 0.1) is 52.3 Å². The van der Waals surface area contributed by atoms with Gasteiger partial charge in [0.2, 0.25) is 0 Å². The quantitative estimate of drug-likeness (QED) is 0.642. The first-order chi connectivity index (χ1) is 13.2. The number of hydrogen-bond donors (Lipinski definition) is 2. The van der Waals surface area contributed by atoms with Crippen molar-refractivity contribution >= 4 is 5.97 Å². The van der Waals surface area contributed by atoms with Crippen molar-refractivity contribution < 1.29 is 15.0 Å². The van der Waals surface area contributed by atoms with Crippen molar-refractivity contribution in [2.24, 2.45) is 52.3 Å². The molecular weight excluding hydrogens is 348 g/mol. The minimum atomic E-state index is -0.644. The number of carbonyl (C=O) groups is 1. The summed E-state index contributed by atoms with van der Waals surface area (Å²) in [4.78, 5) is 11.1. The van der Waals surface area contributed by atoms with Gasteiger partial charge < -0.3 is 10.2 Å². The Morgan fingerprint density at radius 2 is 1.82 bits per heavy atom. The van der Waals surface area contributed by atoms with Crippen LogP contribution in [0.15, 0.2) is 0 Å². The van der Waals surface area contributed by atoms with E-state index in [1.807, 2.05) is 0 Å². The average molecular weight is 391 g/mol. The van der Waals surface area contributed by atoms with Gasteiger partial charge >= 0.3 is 5.97 Å². The van der Waals surface area contributed by atoms with E-state index in [9.17, 15) is 9.90 Å². The van der Waals surface area contributed by atoms with Crippen LogP contribution in [-0.2, 0) is 4.79 Å². The highest BCUT2D eigenvalue weighted by Gasteiger charge is 2.61. The molecule has 4 fully saturated rings. The molecule has 0 aromatic rings. The third-order valence-electron chi connectivity index (χ3n) is 10.8. The van der Waals surface area contributed by atoms with Crippen LogP contribution in [0.3, 0.4) is 0 Å². The molecule has 1 unspecified atom stereocenters. The largest absolute Gasteiger partial charge is 0.481 e. The second kappa shape index (κ2) is 7.29. The van der Waals surface area contributed by atoms with E-state index in [2.05, 4.69) is 27.7 Å². The maximum Gasteiger partial charge on any atom is 0.303 e. The minimum absolute atomic E-state index is 0.0792. The molecule has 160 valence electrons. The summed E-state index contributed by atoms with van der Waals surface area (Å²) in [5.41, 5.74) is 0.830. The van der Waals surface area contributed by atoms with Gasteiger partial charge in [0, 0.05) is 6.42 Å². The Kier molecular flexibility index (Phi) is 5.39. The number of aliphatic carboxylic acids is 1. The van der Waals surface area contributed by atoms with Gasteiger partial charge in [0.05, 0.1) is 6.10 Å². The molecule has 3 nitrogen and oxygen atoms in total. The van der Waals surface area contributed by atoms with Crippen molar-refractivity contribution in [2.45, 2.75) is 98.0 Å². The lowest BCUT2D eigenvalue weighted by Crippen LogP contribution is -2.57. The highest BCUT2D eigenvalue weighted by molar-refractivity contribution is 5.66. The third kappa shape index (κ3) is 3.06. The van der Waals surface area contributed by atoms with Crippen LogP contribution in [0.5, 0.6) is 0 Å². The summed E-state index contributed by atoms with van der Waals surface area (Å²) in [7, 11) is 0. The van der Waals surface area contributed by atoms with Gasteiger partial charge in [-0.3, -0.25) is 4.79 Å². The Morgan fingerprint density at radius 3 is 2.54 bits per heavy atom. The first-order valence-electron chi connectivity index (χ1n) is 12.1. The van der Waals surface area contributed by atoms with E-state index in [0.29, 0.717) is 40.9 Å². The van der Waals surface area contributed by atoms with E-state index >= 15 is 0 Å². The van der Waals surface area contributed by atoms with Crippen molar-refractivity contribution in [1.82, 2.24) is 0 Å². The zero-order chi connectivity index (χ0) is 20.3. The van der Waals surface area contributed by atoms with E-state index in [4.69, 9.17) is 5.11 Å². The minimum Gasteiger partial charge on any atom is -0.481 e. The maximum atomic E-state index is 11.1. The van der Waals surface area contributed by atoms with Gasteiger partial charge in [-0.25, -0.2) is 0 Å². The number of carboxylic acids is 1. The Balaban J connectivity index is 1.54. The summed E-state index contributed by atoms with van der Waals surface area (Å²) in [5, 5.41) is 19.5. The lowest BCUT2D eigenvalue weighted by Gasteiger charge is -2.63. The standard InChI is InChI=1S/C25H42O3/c1-15(5-10-23(27)28)20-8-9-21-19-7-6-17-14-18(26)13-16(2)25(17,4)22(19)11-12-24(20,21)3/h15-22,26H,5-14H2,1-4H3,(H,27,28)/t15-,16?,17-,18-,19+,20-,21+,22+,24-,25+/m1/s1. The number of aliphatic hydroxyl groups excluding tert-OH is 1. The number of carboxylic acid groups (broad SMARTS) is 1. The van der Waals surface area contributed by atoms with Gasteiger partial charge in [-0.2, -0.15) is 0 Å². The van der Waals surface area contributed by atoms with Gasteiger partial charge in [-0.1, -0.05) is 27.7 Å². The van der Waals surface area contributed by atoms with Crippen molar-refractivity contribution in [3.8, 4) is 0 Å². The molecular formula is C25H42O3. The molecule has 28 heavy (non-hydrogen) atoms. The van der Waals surface area contributed by atoms with Gasteiger partial charge in [0.15, 0.2) is 0 Å². The molecule has 0 bridgehead atoms. The van der Waals surface area contributed by atoms with E-state index in [-0.39, 0.29) is 6.10 Å². The van der Waals surface area contributed by atoms with Crippen LogP contribution < -0.4 is 0 Å². The molecule has 0 aliphatic heterocycles. The highest BCUT2D eigenvalue weighted by atomic mass is 16.4. The predicted molar refractivity (Wildman–Crippen MR) is 112 cm³/mol. The molecule has 2 N–H and O–H groups in total. The molecule has 0 spiro atoms. The van der Waals surface area contributed by atoms with E-state index in [0.717, 1.165) is 37.0 Å². The molecule has 0 aromatic heterocycles. The SMILES string of the molecule is CC1C[C@@H](O)C[C@H]2CC[C@H]3[C@@H]4CC[C@H]([C@H](C)CCC(=O)O)[C@@]4(C)CC[C@@H]3[C@@]12C. The number of rotatable bonds is 4. The monoisotopic (exact) mass is 390 g/mol. The fourth-order valence-corrected chi connectivity index (χ4v) is 9.22. The Bertz CT molecular complexity index is 603. The summed E-state index contributed by atoms with van der Waals surface area (Å²) in [6.45, 7) is 9.87. The fraction of sp³-hybridized carbons (Fsp3) is 0.960. The summed E-state index contributed by atoms with van der Waals surface area (Å²) in [5.74, 6) is 4.45. The molecule has 0 heterocycles. The summed E-state index contributed by atoms with van der Waals surface area (Å²) < 4.78 is 0. The van der Waals surface area contributed by atoms with Crippen molar-refractivity contribution in [3.63, 3.8) is 0 Å². The van der Waals surface area contributed by atoms with Crippen LogP contribution in [-0.4, -0.2) is 22.3 Å². The topological polar surface area (TPSA) is 57.5 Å². The summed E-state index contributed by atoms with van der Waals surface area (Å²) in [6.07, 6.45) is 11.1. The Hall–Kier alpha value is -0.570. The fourth-order valence-electron chi connectivity index (χ4n) is 9.22. The third-order valence-corrected chi connectivity index (χ3v) is 10.8. The van der Waals surface area contributed by atoms with Crippen molar-refractivity contribution in [3.05, 3.63) is 0 Å². The Morgan fingerprint density at radius 1 is 1.07 bits per heavy atom. The van der Waals surface area contributed by atoms with Crippen LogP contribution >= 0.6 is 0 Å². The molecule has 4 saturated carbocycles. The molecule has 3 heteroatoms. The first-order valence-corrected chi connectivity index (χ1v) is 12.1. The zero-order valence-electron chi connectivity index (χ0n) is 18.5. The molecule has 4 aliphatic carbocycles. The predicted octanol–water partition coefficient (Wildman–Crippen LogP) is 5.75. The normalized spacial score (nSPS) is 51.7. The van der Waals surface area contributed by atoms with Gasteiger partial charge in [0.1, 0.15) is 0 Å². The van der Waals surface area contributed by atoms with E-state index in [1.165, 1.54) is 38.5 Å². The molecule has 0 saturated heterocycles. The smallest absolute Gasteiger partial charge is 0.303 e. The van der Waals surface area contributed by atoms with Crippen molar-refractivity contribution in [2.75, 3.05) is 0 Å². The molecule has 4 rings (SSSR count). The number of hydrogen-bond acceptors (Lipinski definition) is 2. The Labute approximate surface area is 171 Å². The highest BCUT2D eigenvalue weighted by Crippen LogP contribution is 2.69. The molecule has 0 amide bonds. The second-order valence-electron chi connectivity index (χ2n) is 11.7. The summed E-state index contributed by atoms with van der Waals surface area (Å²) in [6, 6.07) is 0. The lowest BCUT2D eigenvalue weighted by atomic mass is 9.42. The maximum absolute atomic E-state index is 11.1. The van der Waals surface area contributed by atoms with Gasteiger partial charge in [-0.05, 0) is 110 Å². The zero-order valence-corrected chi connectivity index (χ0v) is 18.5. The van der Waals surface area contributed by atoms with Crippen LogP contribution in [0.1, 0.15) is 91.9 Å². The van der Waals surface area contributed by atoms with Crippen molar-refractivity contribution in [1.29, 1.82) is 0 Å². The van der Waals surface area contributed by atoms with Crippen LogP contribution in [0.4, 0.5) is 0 Å². The van der Waals surface area contributed by atoms with Crippen LogP contribution in [0.2, 0.25) is 0 Å². The van der Waals surface area contributed by atoms with E-state index in [1.54, 1.807) is 0 Å². The molecule has 4 aliphatic rings. The second-order valence-corrected chi connectivity index (χ2v) is 11.7. The molecule has 0 aromatic carbocycles. The van der Waals surface area contributed by atoms with Crippen LogP contribution in [0.25, 0.3) is 0 Å². The summed E-state index contributed by atoms with van der Waals surface area (Å²) >= 11 is 0. The van der Waals surface area contributed by atoms with E-state index < -0.39 is 5.97 Å². The molecule has 10 atom stereocenters. The number of aliphatic hydroxyl groups is 1. The number of fused-ring (bicyclic) bond motifs is 5. The average Bonchev–Trinajstić information content (AvgIpc) is 2.98. The van der Waals surface area contributed by atoms with Gasteiger partial charge in [0.25, 0.3) is 0 Å².